The molecule has 4 nitrogen and oxygen atoms in total. The predicted octanol–water partition coefficient (Wildman–Crippen LogP) is 1.46. The maximum Gasteiger partial charge on any atom is 0.253 e. The van der Waals surface area contributed by atoms with E-state index in [0.717, 1.165) is 5.69 Å². The number of aromatic nitrogens is 1. The standard InChI is InChI=1S/C12H20N2O2/c1-8(2)11(5-7-15)14-12(16)10-4-6-13-9(10)3/h4,6,8,11,13,15H,5,7H2,1-3H3,(H,14,16). The number of aliphatic hydroxyl groups excluding tert-OH is 1. The molecule has 0 aliphatic rings. The van der Waals surface area contributed by atoms with Gasteiger partial charge in [-0.15, -0.1) is 0 Å². The van der Waals surface area contributed by atoms with E-state index in [1.54, 1.807) is 12.3 Å². The van der Waals surface area contributed by atoms with Crippen LogP contribution < -0.4 is 5.32 Å². The maximum absolute atomic E-state index is 11.9. The number of aliphatic hydroxyl groups is 1. The summed E-state index contributed by atoms with van der Waals surface area (Å²) in [5, 5.41) is 11.9. The minimum Gasteiger partial charge on any atom is -0.396 e. The molecule has 1 aromatic rings. The van der Waals surface area contributed by atoms with Gasteiger partial charge >= 0.3 is 0 Å². The fourth-order valence-corrected chi connectivity index (χ4v) is 1.66. The molecule has 0 spiro atoms. The van der Waals surface area contributed by atoms with Gasteiger partial charge < -0.3 is 15.4 Å². The van der Waals surface area contributed by atoms with E-state index in [2.05, 4.69) is 10.3 Å². The van der Waals surface area contributed by atoms with Crippen LogP contribution in [0.2, 0.25) is 0 Å². The van der Waals surface area contributed by atoms with Crippen LogP contribution in [0.15, 0.2) is 12.3 Å². The summed E-state index contributed by atoms with van der Waals surface area (Å²) in [5.74, 6) is 0.237. The predicted molar refractivity (Wildman–Crippen MR) is 63.3 cm³/mol. The molecule has 0 aliphatic carbocycles. The molecule has 0 aromatic carbocycles. The monoisotopic (exact) mass is 224 g/mol. The van der Waals surface area contributed by atoms with Crippen molar-refractivity contribution in [1.29, 1.82) is 0 Å². The lowest BCUT2D eigenvalue weighted by atomic mass is 10.0. The quantitative estimate of drug-likeness (QED) is 0.709. The van der Waals surface area contributed by atoms with Gasteiger partial charge in [-0.3, -0.25) is 4.79 Å². The van der Waals surface area contributed by atoms with E-state index in [9.17, 15) is 4.79 Å². The highest BCUT2D eigenvalue weighted by Gasteiger charge is 2.17. The van der Waals surface area contributed by atoms with Gasteiger partial charge in [-0.05, 0) is 25.3 Å². The SMILES string of the molecule is Cc1[nH]ccc1C(=O)NC(CCO)C(C)C. The van der Waals surface area contributed by atoms with Gasteiger partial charge in [0.05, 0.1) is 5.56 Å². The first kappa shape index (κ1) is 12.8. The number of rotatable bonds is 5. The van der Waals surface area contributed by atoms with E-state index in [4.69, 9.17) is 5.11 Å². The Balaban J connectivity index is 2.65. The van der Waals surface area contributed by atoms with E-state index in [-0.39, 0.29) is 18.6 Å². The van der Waals surface area contributed by atoms with Crippen LogP contribution in [0, 0.1) is 12.8 Å². The zero-order chi connectivity index (χ0) is 12.1. The van der Waals surface area contributed by atoms with E-state index in [1.807, 2.05) is 20.8 Å². The number of carbonyl (C=O) groups excluding carboxylic acids is 1. The van der Waals surface area contributed by atoms with Crippen molar-refractivity contribution in [3.8, 4) is 0 Å². The Morgan fingerprint density at radius 3 is 2.69 bits per heavy atom. The summed E-state index contributed by atoms with van der Waals surface area (Å²) >= 11 is 0. The van der Waals surface area contributed by atoms with E-state index < -0.39 is 0 Å². The van der Waals surface area contributed by atoms with Crippen LogP contribution in [0.5, 0.6) is 0 Å². The van der Waals surface area contributed by atoms with Gasteiger partial charge in [0.2, 0.25) is 0 Å². The van der Waals surface area contributed by atoms with E-state index >= 15 is 0 Å². The molecule has 4 heteroatoms. The first-order chi connectivity index (χ1) is 7.56. The summed E-state index contributed by atoms with van der Waals surface area (Å²) < 4.78 is 0. The van der Waals surface area contributed by atoms with Gasteiger partial charge in [0.25, 0.3) is 5.91 Å². The lowest BCUT2D eigenvalue weighted by Crippen LogP contribution is -2.39. The van der Waals surface area contributed by atoms with Crippen molar-refractivity contribution in [3.05, 3.63) is 23.5 Å². The smallest absolute Gasteiger partial charge is 0.253 e. The van der Waals surface area contributed by atoms with Crippen LogP contribution in [0.25, 0.3) is 0 Å². The van der Waals surface area contributed by atoms with Gasteiger partial charge in [0.15, 0.2) is 0 Å². The molecule has 0 bridgehead atoms. The Morgan fingerprint density at radius 2 is 2.25 bits per heavy atom. The van der Waals surface area contributed by atoms with Crippen molar-refractivity contribution in [2.45, 2.75) is 33.2 Å². The van der Waals surface area contributed by atoms with Crippen molar-refractivity contribution >= 4 is 5.91 Å². The van der Waals surface area contributed by atoms with Crippen molar-refractivity contribution in [3.63, 3.8) is 0 Å². The van der Waals surface area contributed by atoms with Crippen LogP contribution in [0.1, 0.15) is 36.3 Å². The Bertz CT molecular complexity index is 345. The zero-order valence-electron chi connectivity index (χ0n) is 10.1. The summed E-state index contributed by atoms with van der Waals surface area (Å²) in [5.41, 5.74) is 1.53. The van der Waals surface area contributed by atoms with Crippen molar-refractivity contribution in [2.24, 2.45) is 5.92 Å². The minimum atomic E-state index is -0.0779. The second-order valence-electron chi connectivity index (χ2n) is 4.35. The molecule has 1 heterocycles. The molecule has 3 N–H and O–H groups in total. The first-order valence-corrected chi connectivity index (χ1v) is 5.62. The van der Waals surface area contributed by atoms with Gasteiger partial charge in [-0.1, -0.05) is 13.8 Å². The Morgan fingerprint density at radius 1 is 1.56 bits per heavy atom. The van der Waals surface area contributed by atoms with Crippen LogP contribution in [-0.4, -0.2) is 28.6 Å². The average molecular weight is 224 g/mol. The molecule has 0 saturated carbocycles. The largest absolute Gasteiger partial charge is 0.396 e. The first-order valence-electron chi connectivity index (χ1n) is 5.62. The normalized spacial score (nSPS) is 12.8. The lowest BCUT2D eigenvalue weighted by Gasteiger charge is -2.21. The summed E-state index contributed by atoms with van der Waals surface area (Å²) in [6.45, 7) is 6.02. The summed E-state index contributed by atoms with van der Waals surface area (Å²) in [6.07, 6.45) is 2.34. The minimum absolute atomic E-state index is 0.0202. The molecule has 1 rings (SSSR count). The summed E-state index contributed by atoms with van der Waals surface area (Å²) in [4.78, 5) is 14.9. The van der Waals surface area contributed by atoms with Gasteiger partial charge in [0, 0.05) is 24.5 Å². The molecule has 16 heavy (non-hydrogen) atoms. The van der Waals surface area contributed by atoms with Crippen LogP contribution >= 0.6 is 0 Å². The molecule has 0 radical (unpaired) electrons. The highest BCUT2D eigenvalue weighted by molar-refractivity contribution is 5.95. The third-order valence-corrected chi connectivity index (χ3v) is 2.76. The second kappa shape index (κ2) is 5.70. The molecule has 0 aliphatic heterocycles. The fourth-order valence-electron chi connectivity index (χ4n) is 1.66. The van der Waals surface area contributed by atoms with Gasteiger partial charge in [-0.2, -0.15) is 0 Å². The molecule has 1 atom stereocenters. The van der Waals surface area contributed by atoms with E-state index in [1.165, 1.54) is 0 Å². The summed E-state index contributed by atoms with van der Waals surface area (Å²) in [7, 11) is 0. The number of hydrogen-bond acceptors (Lipinski definition) is 2. The molecule has 1 aromatic heterocycles. The van der Waals surface area contributed by atoms with Crippen molar-refractivity contribution in [2.75, 3.05) is 6.61 Å². The number of aryl methyl sites for hydroxylation is 1. The van der Waals surface area contributed by atoms with Crippen LogP contribution in [-0.2, 0) is 0 Å². The number of amides is 1. The molecular weight excluding hydrogens is 204 g/mol. The number of H-pyrrole nitrogens is 1. The second-order valence-corrected chi connectivity index (χ2v) is 4.35. The summed E-state index contributed by atoms with van der Waals surface area (Å²) in [6, 6.07) is 1.79. The Kier molecular flexibility index (Phi) is 4.55. The number of nitrogens with one attached hydrogen (secondary N) is 2. The van der Waals surface area contributed by atoms with Crippen molar-refractivity contribution in [1.82, 2.24) is 10.3 Å². The fraction of sp³-hybridized carbons (Fsp3) is 0.583. The topological polar surface area (TPSA) is 65.1 Å². The molecule has 0 saturated heterocycles. The lowest BCUT2D eigenvalue weighted by molar-refractivity contribution is 0.0916. The number of hydrogen-bond donors (Lipinski definition) is 3. The molecular formula is C12H20N2O2. The average Bonchev–Trinajstić information content (AvgIpc) is 2.63. The van der Waals surface area contributed by atoms with Crippen molar-refractivity contribution < 1.29 is 9.90 Å². The third-order valence-electron chi connectivity index (χ3n) is 2.76. The number of aromatic amines is 1. The van der Waals surface area contributed by atoms with Gasteiger partial charge in [-0.25, -0.2) is 0 Å². The molecule has 1 amide bonds. The Hall–Kier alpha value is -1.29. The molecule has 90 valence electrons. The van der Waals surface area contributed by atoms with Crippen LogP contribution in [0.4, 0.5) is 0 Å². The van der Waals surface area contributed by atoms with Crippen LogP contribution in [0.3, 0.4) is 0 Å². The van der Waals surface area contributed by atoms with Gasteiger partial charge in [0.1, 0.15) is 0 Å². The maximum atomic E-state index is 11.9. The molecule has 1 unspecified atom stereocenters. The highest BCUT2D eigenvalue weighted by Crippen LogP contribution is 2.09. The highest BCUT2D eigenvalue weighted by atomic mass is 16.3. The zero-order valence-corrected chi connectivity index (χ0v) is 10.1. The third kappa shape index (κ3) is 3.10. The number of carbonyl (C=O) groups is 1. The van der Waals surface area contributed by atoms with E-state index in [0.29, 0.717) is 17.9 Å². The Labute approximate surface area is 96.1 Å². The molecule has 0 fully saturated rings.